The molecule has 0 aliphatic carbocycles. The Morgan fingerprint density at radius 1 is 1.03 bits per heavy atom. The van der Waals surface area contributed by atoms with Crippen LogP contribution in [0.2, 0.25) is 0 Å². The molecule has 1 N–H and O–H groups in total. The normalized spacial score (nSPS) is 11.3. The molecule has 0 aliphatic rings. The van der Waals surface area contributed by atoms with Crippen LogP contribution in [0, 0.1) is 0 Å². The van der Waals surface area contributed by atoms with Crippen molar-refractivity contribution in [1.82, 2.24) is 5.32 Å². The number of fused-ring (bicyclic) bond motifs is 1. The van der Waals surface area contributed by atoms with Crippen molar-refractivity contribution in [3.63, 3.8) is 0 Å². The first kappa shape index (κ1) is 22.4. The zero-order valence-electron chi connectivity index (χ0n) is 17.1. The largest absolute Gasteiger partial charge is 0.488 e. The van der Waals surface area contributed by atoms with Crippen molar-refractivity contribution >= 4 is 22.6 Å². The number of unbranched alkanes of at least 4 members (excludes halogenated alkanes) is 2. The monoisotopic (exact) mass is 399 g/mol. The number of ether oxygens (including phenoxy) is 3. The first-order valence-corrected chi connectivity index (χ1v) is 9.79. The highest BCUT2D eigenvalue weighted by Crippen LogP contribution is 2.25. The summed E-state index contributed by atoms with van der Waals surface area (Å²) < 4.78 is 15.6. The van der Waals surface area contributed by atoms with Crippen molar-refractivity contribution in [2.24, 2.45) is 0 Å². The Balaban J connectivity index is 2.00. The van der Waals surface area contributed by atoms with Crippen LogP contribution in [-0.2, 0) is 19.1 Å². The molecule has 2 aromatic carbocycles. The molecule has 29 heavy (non-hydrogen) atoms. The van der Waals surface area contributed by atoms with E-state index in [1.165, 1.54) is 7.11 Å². The fourth-order valence-electron chi connectivity index (χ4n) is 2.87. The zero-order valence-corrected chi connectivity index (χ0v) is 17.1. The van der Waals surface area contributed by atoms with Gasteiger partial charge >= 0.3 is 5.97 Å². The van der Waals surface area contributed by atoms with Crippen LogP contribution >= 0.6 is 0 Å². The van der Waals surface area contributed by atoms with E-state index >= 15 is 0 Å². The highest BCUT2D eigenvalue weighted by Gasteiger charge is 2.11. The van der Waals surface area contributed by atoms with E-state index in [-0.39, 0.29) is 18.5 Å². The maximum Gasteiger partial charge on any atom is 0.305 e. The van der Waals surface area contributed by atoms with Gasteiger partial charge in [-0.05, 0) is 30.7 Å². The third-order valence-electron chi connectivity index (χ3n) is 4.47. The highest BCUT2D eigenvalue weighted by molar-refractivity contribution is 5.94. The molecular weight excluding hydrogens is 370 g/mol. The van der Waals surface area contributed by atoms with E-state index in [9.17, 15) is 9.59 Å². The third-order valence-corrected chi connectivity index (χ3v) is 4.47. The summed E-state index contributed by atoms with van der Waals surface area (Å²) in [4.78, 5) is 23.7. The molecule has 6 heteroatoms. The van der Waals surface area contributed by atoms with Crippen LogP contribution in [0.5, 0.6) is 5.75 Å². The van der Waals surface area contributed by atoms with E-state index in [0.717, 1.165) is 22.9 Å². The molecule has 2 aromatic rings. The minimum absolute atomic E-state index is 0.170. The van der Waals surface area contributed by atoms with Gasteiger partial charge < -0.3 is 19.5 Å². The lowest BCUT2D eigenvalue weighted by molar-refractivity contribution is -0.140. The third kappa shape index (κ3) is 7.58. The Morgan fingerprint density at radius 3 is 2.62 bits per heavy atom. The number of nitrogens with one attached hydrogen (secondary N) is 1. The molecule has 156 valence electrons. The lowest BCUT2D eigenvalue weighted by atomic mass is 10.1. The van der Waals surface area contributed by atoms with Gasteiger partial charge in [0.25, 0.3) is 0 Å². The lowest BCUT2D eigenvalue weighted by Gasteiger charge is -2.12. The Kier molecular flexibility index (Phi) is 9.72. The van der Waals surface area contributed by atoms with Gasteiger partial charge in [-0.15, -0.1) is 0 Å². The average Bonchev–Trinajstić information content (AvgIpc) is 2.75. The molecule has 0 heterocycles. The summed E-state index contributed by atoms with van der Waals surface area (Å²) in [5.41, 5.74) is 0.562. The Morgan fingerprint density at radius 2 is 1.83 bits per heavy atom. The lowest BCUT2D eigenvalue weighted by Crippen LogP contribution is -2.30. The summed E-state index contributed by atoms with van der Waals surface area (Å²) >= 11 is 0. The number of benzene rings is 2. The molecule has 0 saturated heterocycles. The van der Waals surface area contributed by atoms with Gasteiger partial charge in [0.05, 0.1) is 19.3 Å². The van der Waals surface area contributed by atoms with Crippen LogP contribution in [0.25, 0.3) is 10.8 Å². The number of carbonyl (C=O) groups is 2. The molecule has 0 aliphatic heterocycles. The zero-order chi connectivity index (χ0) is 20.9. The predicted octanol–water partition coefficient (Wildman–Crippen LogP) is 3.64. The van der Waals surface area contributed by atoms with Gasteiger partial charge in [-0.1, -0.05) is 42.5 Å². The maximum absolute atomic E-state index is 12.5. The first-order chi connectivity index (χ1) is 14.2. The fraction of sp³-hybridized carbons (Fsp3) is 0.391. The van der Waals surface area contributed by atoms with Crippen LogP contribution in [-0.4, -0.2) is 45.9 Å². The Hall–Kier alpha value is -2.86. The van der Waals surface area contributed by atoms with Crippen LogP contribution in [0.4, 0.5) is 0 Å². The van der Waals surface area contributed by atoms with Crippen molar-refractivity contribution in [1.29, 1.82) is 0 Å². The molecule has 1 amide bonds. The average molecular weight is 399 g/mol. The van der Waals surface area contributed by atoms with Gasteiger partial charge in [-0.25, -0.2) is 0 Å². The summed E-state index contributed by atoms with van der Waals surface area (Å²) in [7, 11) is 2.98. The van der Waals surface area contributed by atoms with E-state index < -0.39 is 0 Å². The maximum atomic E-state index is 12.5. The number of carbonyl (C=O) groups excluding carboxylic acids is 2. The molecule has 0 aromatic heterocycles. The number of rotatable bonds is 12. The molecule has 2 rings (SSSR count). The SMILES string of the molecule is COCCNC(=O)/C(=C/CCCCC(=O)OC)COc1cccc2ccccc12. The van der Waals surface area contributed by atoms with E-state index in [0.29, 0.717) is 38.0 Å². The summed E-state index contributed by atoms with van der Waals surface area (Å²) in [5, 5.41) is 4.93. The van der Waals surface area contributed by atoms with Gasteiger partial charge in [-0.3, -0.25) is 9.59 Å². The first-order valence-electron chi connectivity index (χ1n) is 9.79. The number of allylic oxidation sites excluding steroid dienone is 1. The van der Waals surface area contributed by atoms with Gasteiger partial charge in [0.15, 0.2) is 0 Å². The molecule has 6 nitrogen and oxygen atoms in total. The summed E-state index contributed by atoms with van der Waals surface area (Å²) in [5.74, 6) is 0.352. The number of esters is 1. The topological polar surface area (TPSA) is 73.9 Å². The smallest absolute Gasteiger partial charge is 0.305 e. The van der Waals surface area contributed by atoms with Gasteiger partial charge in [-0.2, -0.15) is 0 Å². The summed E-state index contributed by atoms with van der Waals surface area (Å²) in [6.45, 7) is 1.05. The summed E-state index contributed by atoms with van der Waals surface area (Å²) in [6, 6.07) is 13.8. The molecule has 0 unspecified atom stereocenters. The van der Waals surface area contributed by atoms with E-state index in [4.69, 9.17) is 9.47 Å². The standard InChI is InChI=1S/C23H29NO5/c1-27-16-15-24-23(26)19(10-4-3-5-14-22(25)28-2)17-29-21-13-8-11-18-9-6-7-12-20(18)21/h6-13H,3-5,14-17H2,1-2H3,(H,24,26)/b19-10+. The Bertz CT molecular complexity index is 826. The minimum atomic E-state index is -0.217. The number of methoxy groups -OCH3 is 2. The summed E-state index contributed by atoms with van der Waals surface area (Å²) in [6.07, 6.45) is 4.45. The van der Waals surface area contributed by atoms with Crippen molar-refractivity contribution in [2.75, 3.05) is 34.0 Å². The van der Waals surface area contributed by atoms with Crippen molar-refractivity contribution in [3.05, 3.63) is 54.1 Å². The molecule has 0 saturated carbocycles. The second-order valence-electron chi connectivity index (χ2n) is 6.57. The number of hydrogen-bond donors (Lipinski definition) is 1. The van der Waals surface area contributed by atoms with Crippen LogP contribution in [0.3, 0.4) is 0 Å². The molecular formula is C23H29NO5. The molecule has 0 atom stereocenters. The second-order valence-corrected chi connectivity index (χ2v) is 6.57. The Labute approximate surface area is 171 Å². The second kappa shape index (κ2) is 12.6. The number of hydrogen-bond acceptors (Lipinski definition) is 5. The minimum Gasteiger partial charge on any atom is -0.488 e. The molecule has 0 spiro atoms. The molecule has 0 radical (unpaired) electrons. The van der Waals surface area contributed by atoms with Crippen molar-refractivity contribution in [2.45, 2.75) is 25.7 Å². The quantitative estimate of drug-likeness (QED) is 0.335. The highest BCUT2D eigenvalue weighted by atomic mass is 16.5. The predicted molar refractivity (Wildman–Crippen MR) is 113 cm³/mol. The fourth-order valence-corrected chi connectivity index (χ4v) is 2.87. The van der Waals surface area contributed by atoms with Crippen LogP contribution in [0.15, 0.2) is 54.1 Å². The van der Waals surface area contributed by atoms with Gasteiger partial charge in [0, 0.05) is 25.5 Å². The van der Waals surface area contributed by atoms with Crippen LogP contribution in [0.1, 0.15) is 25.7 Å². The van der Waals surface area contributed by atoms with E-state index in [2.05, 4.69) is 10.1 Å². The van der Waals surface area contributed by atoms with Gasteiger partial charge in [0.2, 0.25) is 5.91 Å². The van der Waals surface area contributed by atoms with E-state index in [1.54, 1.807) is 7.11 Å². The van der Waals surface area contributed by atoms with Crippen molar-refractivity contribution < 1.29 is 23.8 Å². The number of amides is 1. The van der Waals surface area contributed by atoms with Crippen LogP contribution < -0.4 is 10.1 Å². The van der Waals surface area contributed by atoms with Crippen molar-refractivity contribution in [3.8, 4) is 5.75 Å². The van der Waals surface area contributed by atoms with E-state index in [1.807, 2.05) is 48.5 Å². The van der Waals surface area contributed by atoms with Gasteiger partial charge in [0.1, 0.15) is 12.4 Å². The molecule has 0 bridgehead atoms. The molecule has 0 fully saturated rings.